The maximum Gasteiger partial charge on any atom is 0.264 e. The van der Waals surface area contributed by atoms with Gasteiger partial charge in [0.15, 0.2) is 11.5 Å². The molecule has 3 aromatic rings. The molecule has 1 N–H and O–H groups in total. The molecule has 0 aliphatic carbocycles. The highest BCUT2D eigenvalue weighted by Gasteiger charge is 2.34. The molecular formula is C33H41Cl2N3O6S. The van der Waals surface area contributed by atoms with Gasteiger partial charge in [0, 0.05) is 28.7 Å². The predicted molar refractivity (Wildman–Crippen MR) is 179 cm³/mol. The molecule has 244 valence electrons. The third-order valence-corrected chi connectivity index (χ3v) is 9.82. The highest BCUT2D eigenvalue weighted by Crippen LogP contribution is 2.33. The van der Waals surface area contributed by atoms with Crippen LogP contribution in [0.2, 0.25) is 10.0 Å². The van der Waals surface area contributed by atoms with Crippen LogP contribution in [-0.4, -0.2) is 58.0 Å². The van der Waals surface area contributed by atoms with Gasteiger partial charge in [-0.1, -0.05) is 49.2 Å². The maximum absolute atomic E-state index is 14.4. The second kappa shape index (κ2) is 15.7. The summed E-state index contributed by atoms with van der Waals surface area (Å²) < 4.78 is 40.4. The number of hydrogen-bond donors (Lipinski definition) is 1. The van der Waals surface area contributed by atoms with Crippen LogP contribution in [-0.2, 0) is 26.2 Å². The van der Waals surface area contributed by atoms with Gasteiger partial charge in [0.25, 0.3) is 10.0 Å². The van der Waals surface area contributed by atoms with Crippen LogP contribution in [0.25, 0.3) is 0 Å². The number of carbonyl (C=O) groups excluding carboxylic acids is 2. The third kappa shape index (κ3) is 8.83. The minimum absolute atomic E-state index is 0.0433. The van der Waals surface area contributed by atoms with E-state index in [1.807, 2.05) is 33.8 Å². The van der Waals surface area contributed by atoms with Crippen LogP contribution in [0.4, 0.5) is 5.69 Å². The van der Waals surface area contributed by atoms with Crippen molar-refractivity contribution in [2.75, 3.05) is 25.1 Å². The van der Waals surface area contributed by atoms with Gasteiger partial charge in [-0.05, 0) is 86.7 Å². The van der Waals surface area contributed by atoms with E-state index in [1.54, 1.807) is 37.3 Å². The van der Waals surface area contributed by atoms with E-state index in [1.165, 1.54) is 37.3 Å². The number of amides is 2. The molecule has 0 saturated heterocycles. The maximum atomic E-state index is 14.4. The first-order valence-electron chi connectivity index (χ1n) is 14.6. The molecule has 45 heavy (non-hydrogen) atoms. The van der Waals surface area contributed by atoms with Crippen molar-refractivity contribution in [2.45, 2.75) is 71.0 Å². The Bertz CT molecular complexity index is 1610. The Labute approximate surface area is 276 Å². The van der Waals surface area contributed by atoms with Crippen LogP contribution >= 0.6 is 23.2 Å². The summed E-state index contributed by atoms with van der Waals surface area (Å²) >= 11 is 12.6. The number of anilines is 1. The lowest BCUT2D eigenvalue weighted by Crippen LogP contribution is -2.53. The summed E-state index contributed by atoms with van der Waals surface area (Å²) in [5, 5.41) is 3.70. The van der Waals surface area contributed by atoms with E-state index in [2.05, 4.69) is 5.32 Å². The van der Waals surface area contributed by atoms with E-state index < -0.39 is 28.5 Å². The molecule has 0 aliphatic heterocycles. The summed E-state index contributed by atoms with van der Waals surface area (Å²) in [4.78, 5) is 29.1. The smallest absolute Gasteiger partial charge is 0.264 e. The topological polar surface area (TPSA) is 105 Å². The second-order valence-electron chi connectivity index (χ2n) is 10.9. The average Bonchev–Trinajstić information content (AvgIpc) is 2.99. The number of halogens is 2. The number of aryl methyl sites for hydroxylation is 2. The van der Waals surface area contributed by atoms with Crippen molar-refractivity contribution in [3.63, 3.8) is 0 Å². The van der Waals surface area contributed by atoms with Gasteiger partial charge in [-0.15, -0.1) is 0 Å². The number of benzene rings is 3. The summed E-state index contributed by atoms with van der Waals surface area (Å²) in [7, 11) is -1.46. The fraction of sp³-hybridized carbons (Fsp3) is 0.394. The Morgan fingerprint density at radius 1 is 0.889 bits per heavy atom. The van der Waals surface area contributed by atoms with E-state index in [0.717, 1.165) is 15.4 Å². The predicted octanol–water partition coefficient (Wildman–Crippen LogP) is 6.54. The van der Waals surface area contributed by atoms with E-state index in [-0.39, 0.29) is 35.6 Å². The van der Waals surface area contributed by atoms with Crippen molar-refractivity contribution >= 4 is 50.7 Å². The van der Waals surface area contributed by atoms with Crippen LogP contribution in [0.1, 0.15) is 50.3 Å². The Hall–Kier alpha value is -3.47. The van der Waals surface area contributed by atoms with Gasteiger partial charge in [-0.2, -0.15) is 0 Å². The first-order valence-corrected chi connectivity index (χ1v) is 16.8. The van der Waals surface area contributed by atoms with Crippen molar-refractivity contribution < 1.29 is 27.5 Å². The summed E-state index contributed by atoms with van der Waals surface area (Å²) in [6.45, 7) is 8.69. The van der Waals surface area contributed by atoms with Gasteiger partial charge in [0.05, 0.1) is 24.8 Å². The first-order chi connectivity index (χ1) is 21.2. The lowest BCUT2D eigenvalue weighted by molar-refractivity contribution is -0.140. The normalized spacial score (nSPS) is 12.6. The lowest BCUT2D eigenvalue weighted by atomic mass is 10.1. The Morgan fingerprint density at radius 2 is 1.53 bits per heavy atom. The number of rotatable bonds is 14. The van der Waals surface area contributed by atoms with Crippen molar-refractivity contribution in [3.05, 3.63) is 81.3 Å². The van der Waals surface area contributed by atoms with Gasteiger partial charge in [-0.25, -0.2) is 8.42 Å². The number of hydrogen-bond acceptors (Lipinski definition) is 6. The molecule has 0 aromatic heterocycles. The molecule has 0 radical (unpaired) electrons. The third-order valence-electron chi connectivity index (χ3n) is 7.46. The molecule has 0 heterocycles. The molecule has 0 aliphatic rings. The van der Waals surface area contributed by atoms with Gasteiger partial charge < -0.3 is 19.7 Å². The molecule has 3 aromatic carbocycles. The zero-order chi connectivity index (χ0) is 33.5. The summed E-state index contributed by atoms with van der Waals surface area (Å²) in [5.74, 6) is -0.354. The largest absolute Gasteiger partial charge is 0.493 e. The monoisotopic (exact) mass is 677 g/mol. The van der Waals surface area contributed by atoms with Crippen molar-refractivity contribution in [2.24, 2.45) is 0 Å². The molecule has 0 saturated carbocycles. The molecule has 2 unspecified atom stereocenters. The second-order valence-corrected chi connectivity index (χ2v) is 13.6. The molecule has 9 nitrogen and oxygen atoms in total. The zero-order valence-electron chi connectivity index (χ0n) is 26.7. The van der Waals surface area contributed by atoms with Gasteiger partial charge >= 0.3 is 0 Å². The number of sulfonamides is 1. The van der Waals surface area contributed by atoms with Crippen molar-refractivity contribution in [1.29, 1.82) is 0 Å². The quantitative estimate of drug-likeness (QED) is 0.208. The first kappa shape index (κ1) is 36.0. The van der Waals surface area contributed by atoms with Crippen LogP contribution in [0, 0.1) is 13.8 Å². The van der Waals surface area contributed by atoms with Crippen LogP contribution in [0.3, 0.4) is 0 Å². The molecule has 2 atom stereocenters. The van der Waals surface area contributed by atoms with E-state index in [9.17, 15) is 18.0 Å². The van der Waals surface area contributed by atoms with Gasteiger partial charge in [-0.3, -0.25) is 13.9 Å². The number of nitrogens with one attached hydrogen (secondary N) is 1. The average molecular weight is 679 g/mol. The van der Waals surface area contributed by atoms with Crippen LogP contribution in [0.5, 0.6) is 11.5 Å². The fourth-order valence-electron chi connectivity index (χ4n) is 4.92. The zero-order valence-corrected chi connectivity index (χ0v) is 29.0. The van der Waals surface area contributed by atoms with Gasteiger partial charge in [0.1, 0.15) is 12.6 Å². The van der Waals surface area contributed by atoms with Crippen molar-refractivity contribution in [3.8, 4) is 11.5 Å². The van der Waals surface area contributed by atoms with Crippen LogP contribution in [0.15, 0.2) is 59.5 Å². The molecule has 2 amide bonds. The van der Waals surface area contributed by atoms with E-state index in [4.69, 9.17) is 32.7 Å². The van der Waals surface area contributed by atoms with E-state index in [0.29, 0.717) is 33.5 Å². The fourth-order valence-corrected chi connectivity index (χ4v) is 6.80. The van der Waals surface area contributed by atoms with Crippen LogP contribution < -0.4 is 19.1 Å². The molecule has 12 heteroatoms. The van der Waals surface area contributed by atoms with E-state index >= 15 is 0 Å². The highest BCUT2D eigenvalue weighted by atomic mass is 35.5. The Morgan fingerprint density at radius 3 is 2.09 bits per heavy atom. The standard InChI is InChI=1S/C33H41Cl2N3O6S/c1-8-23(5)36-33(40)29(9-2)37(19-24-10-11-25(34)17-28(24)35)32(39)20-38(26-15-21(3)14-22(4)16-26)45(41,42)27-12-13-30(43-6)31(18-27)44-7/h10-18,23,29H,8-9,19-20H2,1-7H3,(H,36,40). The number of nitrogens with zero attached hydrogens (tertiary/aromatic N) is 2. The summed E-state index contributed by atoms with van der Waals surface area (Å²) in [6.07, 6.45) is 0.981. The molecule has 0 fully saturated rings. The minimum Gasteiger partial charge on any atom is -0.493 e. The Kier molecular flexibility index (Phi) is 12.6. The SMILES string of the molecule is CCC(C)NC(=O)C(CC)N(Cc1ccc(Cl)cc1Cl)C(=O)CN(c1cc(C)cc(C)c1)S(=O)(=O)c1ccc(OC)c(OC)c1. The lowest BCUT2D eigenvalue weighted by Gasteiger charge is -2.34. The molecule has 0 spiro atoms. The highest BCUT2D eigenvalue weighted by molar-refractivity contribution is 7.92. The molecular weight excluding hydrogens is 637 g/mol. The van der Waals surface area contributed by atoms with Crippen molar-refractivity contribution in [1.82, 2.24) is 10.2 Å². The summed E-state index contributed by atoms with van der Waals surface area (Å²) in [6, 6.07) is 13.4. The minimum atomic E-state index is -4.33. The number of ether oxygens (including phenoxy) is 2. The molecule has 3 rings (SSSR count). The summed E-state index contributed by atoms with van der Waals surface area (Å²) in [5.41, 5.74) is 2.49. The van der Waals surface area contributed by atoms with Gasteiger partial charge in [0.2, 0.25) is 11.8 Å². The Balaban J connectivity index is 2.16. The molecule has 0 bridgehead atoms. The number of carbonyl (C=O) groups is 2. The number of methoxy groups -OCH3 is 2.